The number of pyridine rings is 1. The number of aryl methyl sites for hydroxylation is 1. The molecule has 1 aromatic carbocycles. The molecule has 4 atom stereocenters. The molecule has 2 aromatic heterocycles. The number of nitrogens with zero attached hydrogens (tertiary/aromatic N) is 6. The van der Waals surface area contributed by atoms with E-state index in [1.165, 1.54) is 0 Å². The van der Waals surface area contributed by atoms with Gasteiger partial charge in [-0.3, -0.25) is 4.90 Å². The summed E-state index contributed by atoms with van der Waals surface area (Å²) in [6, 6.07) is 2.42. The van der Waals surface area contributed by atoms with Crippen LogP contribution in [0.1, 0.15) is 48.9 Å². The molecule has 4 aliphatic heterocycles. The minimum absolute atomic E-state index is 0.0255. The topological polar surface area (TPSA) is 116 Å². The van der Waals surface area contributed by atoms with E-state index >= 15 is 8.78 Å². The highest BCUT2D eigenvalue weighted by Gasteiger charge is 2.49. The second kappa shape index (κ2) is 10.6. The lowest BCUT2D eigenvalue weighted by atomic mass is 9.92. The summed E-state index contributed by atoms with van der Waals surface area (Å²) < 4.78 is 96.1. The number of nitrogens with one attached hydrogen (secondary N) is 1. The number of anilines is 2. The number of piperazine rings is 1. The molecule has 6 heterocycles. The Kier molecular flexibility index (Phi) is 7.01. The lowest BCUT2D eigenvalue weighted by Gasteiger charge is -2.34. The number of ether oxygens (including phenoxy) is 1. The summed E-state index contributed by atoms with van der Waals surface area (Å²) in [6.45, 7) is 2.98. The molecule has 2 bridgehead atoms. The summed E-state index contributed by atoms with van der Waals surface area (Å²) in [7, 11) is 0. The number of hydrogen-bond acceptors (Lipinski definition) is 9. The summed E-state index contributed by atoms with van der Waals surface area (Å²) in [4.78, 5) is 16.3. The third kappa shape index (κ3) is 4.89. The van der Waals surface area contributed by atoms with Crippen molar-refractivity contribution < 1.29 is 31.1 Å². The molecular weight excluding hydrogens is 602 g/mol. The molecule has 15 heteroatoms. The maximum Gasteiger partial charge on any atom is 0.418 e. The molecule has 45 heavy (non-hydrogen) atoms. The van der Waals surface area contributed by atoms with Gasteiger partial charge in [0.05, 0.1) is 22.4 Å². The summed E-state index contributed by atoms with van der Waals surface area (Å²) >= 11 is 0. The number of nitrogens with two attached hydrogens (primary N) is 1. The van der Waals surface area contributed by atoms with E-state index in [0.717, 1.165) is 32.3 Å². The van der Waals surface area contributed by atoms with Gasteiger partial charge >= 0.3 is 12.2 Å². The molecule has 3 aromatic rings. The summed E-state index contributed by atoms with van der Waals surface area (Å²) in [5.74, 6) is -3.18. The van der Waals surface area contributed by atoms with Crippen LogP contribution in [0.25, 0.3) is 22.0 Å². The Hall–Kier alpha value is -3.90. The van der Waals surface area contributed by atoms with Crippen molar-refractivity contribution in [1.29, 1.82) is 5.26 Å². The van der Waals surface area contributed by atoms with E-state index in [2.05, 4.69) is 20.3 Å². The van der Waals surface area contributed by atoms with Crippen molar-refractivity contribution in [3.63, 3.8) is 0 Å². The van der Waals surface area contributed by atoms with Crippen LogP contribution < -0.4 is 20.7 Å². The quantitative estimate of drug-likeness (QED) is 0.388. The first-order valence-corrected chi connectivity index (χ1v) is 14.9. The molecule has 238 valence electrons. The van der Waals surface area contributed by atoms with Gasteiger partial charge in [0.1, 0.15) is 47.4 Å². The normalized spacial score (nSPS) is 26.4. The van der Waals surface area contributed by atoms with Crippen LogP contribution in [0.5, 0.6) is 6.01 Å². The minimum Gasteiger partial charge on any atom is -0.461 e. The van der Waals surface area contributed by atoms with Gasteiger partial charge in [0.2, 0.25) is 0 Å². The summed E-state index contributed by atoms with van der Waals surface area (Å²) in [6.07, 6.45) is -2.51. The molecule has 9 nitrogen and oxygen atoms in total. The molecule has 7 rings (SSSR count). The molecule has 0 aliphatic carbocycles. The number of hydrogen-bond donors (Lipinski definition) is 2. The van der Waals surface area contributed by atoms with Gasteiger partial charge in [-0.2, -0.15) is 28.4 Å². The van der Waals surface area contributed by atoms with E-state index in [1.54, 1.807) is 6.07 Å². The van der Waals surface area contributed by atoms with Crippen LogP contribution in [-0.4, -0.2) is 76.4 Å². The van der Waals surface area contributed by atoms with Crippen molar-refractivity contribution in [1.82, 2.24) is 25.2 Å². The zero-order chi connectivity index (χ0) is 31.8. The highest BCUT2D eigenvalue weighted by Crippen LogP contribution is 2.46. The van der Waals surface area contributed by atoms with Crippen LogP contribution in [0, 0.1) is 29.9 Å². The minimum atomic E-state index is -5.12. The van der Waals surface area contributed by atoms with Gasteiger partial charge in [-0.15, -0.1) is 0 Å². The van der Waals surface area contributed by atoms with Crippen molar-refractivity contribution in [3.8, 4) is 23.2 Å². The van der Waals surface area contributed by atoms with Crippen LogP contribution in [-0.2, 0) is 6.18 Å². The molecule has 4 saturated heterocycles. The SMILES string of the molecule is Cc1nc(N)c(C#N)c(-c2c(F)cc3c(N4CC5CCC(C4)N5)nc(OC[C@@]45CCCN4C[C@H](F)C5)nc3c2F)c1C(F)(F)F. The van der Waals surface area contributed by atoms with Crippen molar-refractivity contribution in [3.05, 3.63) is 34.5 Å². The maximum absolute atomic E-state index is 16.7. The van der Waals surface area contributed by atoms with Gasteiger partial charge in [-0.05, 0) is 45.2 Å². The Labute approximate surface area is 254 Å². The van der Waals surface area contributed by atoms with E-state index in [-0.39, 0.29) is 48.9 Å². The van der Waals surface area contributed by atoms with Crippen molar-refractivity contribution >= 4 is 22.5 Å². The Bertz CT molecular complexity index is 1730. The molecule has 0 saturated carbocycles. The van der Waals surface area contributed by atoms with Crippen LogP contribution in [0.15, 0.2) is 6.07 Å². The Morgan fingerprint density at radius 2 is 1.87 bits per heavy atom. The first-order chi connectivity index (χ1) is 21.4. The largest absolute Gasteiger partial charge is 0.461 e. The van der Waals surface area contributed by atoms with E-state index in [0.29, 0.717) is 26.1 Å². The van der Waals surface area contributed by atoms with Gasteiger partial charge in [-0.25, -0.2) is 18.2 Å². The number of aromatic nitrogens is 3. The zero-order valence-electron chi connectivity index (χ0n) is 24.3. The molecule has 3 N–H and O–H groups in total. The molecule has 0 radical (unpaired) electrons. The first kappa shape index (κ1) is 29.8. The highest BCUT2D eigenvalue weighted by atomic mass is 19.4. The van der Waals surface area contributed by atoms with E-state index < -0.39 is 68.8 Å². The van der Waals surface area contributed by atoms with E-state index in [1.807, 2.05) is 9.80 Å². The Morgan fingerprint density at radius 1 is 1.13 bits per heavy atom. The number of nitrogen functional groups attached to an aromatic ring is 1. The Balaban J connectivity index is 1.41. The van der Waals surface area contributed by atoms with Crippen molar-refractivity contribution in [2.24, 2.45) is 0 Å². The summed E-state index contributed by atoms with van der Waals surface area (Å²) in [5, 5.41) is 13.2. The average Bonchev–Trinajstić information content (AvgIpc) is 3.61. The lowest BCUT2D eigenvalue weighted by Crippen LogP contribution is -2.51. The fourth-order valence-electron chi connectivity index (χ4n) is 7.75. The third-order valence-corrected chi connectivity index (χ3v) is 9.64. The Morgan fingerprint density at radius 3 is 2.56 bits per heavy atom. The predicted octanol–water partition coefficient (Wildman–Crippen LogP) is 4.65. The molecule has 0 amide bonds. The van der Waals surface area contributed by atoms with Crippen molar-refractivity contribution in [2.45, 2.75) is 69.0 Å². The van der Waals surface area contributed by atoms with Crippen LogP contribution in [0.4, 0.5) is 38.0 Å². The second-order valence-electron chi connectivity index (χ2n) is 12.5. The molecule has 2 unspecified atom stereocenters. The van der Waals surface area contributed by atoms with Crippen LogP contribution >= 0.6 is 0 Å². The van der Waals surface area contributed by atoms with E-state index in [9.17, 15) is 22.8 Å². The average molecular weight is 633 g/mol. The fraction of sp³-hybridized carbons (Fsp3) is 0.533. The van der Waals surface area contributed by atoms with Gasteiger partial charge in [0, 0.05) is 49.1 Å². The number of benzene rings is 1. The second-order valence-corrected chi connectivity index (χ2v) is 12.5. The lowest BCUT2D eigenvalue weighted by molar-refractivity contribution is -0.137. The highest BCUT2D eigenvalue weighted by molar-refractivity contribution is 5.95. The van der Waals surface area contributed by atoms with Gasteiger partial charge in [-0.1, -0.05) is 0 Å². The standard InChI is InChI=1S/C30H30F6N8O/c1-14-23(30(34,35)36)21(19(9-37)26(38)39-14)22-20(32)7-18-25(24(22)33)41-28(42-27(18)43-11-16-3-4-17(12-43)40-16)45-13-29-5-2-6-44(29)10-15(31)8-29/h7,15-17,40H,2-6,8,10-13H2,1H3,(H2,38,39)/t15-,16?,17?,29+/m1/s1. The van der Waals surface area contributed by atoms with Crippen molar-refractivity contribution in [2.75, 3.05) is 43.4 Å². The van der Waals surface area contributed by atoms with E-state index in [4.69, 9.17) is 10.5 Å². The number of rotatable bonds is 5. The predicted molar refractivity (Wildman–Crippen MR) is 152 cm³/mol. The number of halogens is 6. The molecule has 0 spiro atoms. The summed E-state index contributed by atoms with van der Waals surface area (Å²) in [5.41, 5.74) is -0.330. The monoisotopic (exact) mass is 632 g/mol. The molecule has 4 fully saturated rings. The van der Waals surface area contributed by atoms with Gasteiger partial charge < -0.3 is 20.7 Å². The third-order valence-electron chi connectivity index (χ3n) is 9.64. The van der Waals surface area contributed by atoms with Gasteiger partial charge in [0.25, 0.3) is 0 Å². The number of nitriles is 1. The number of alkyl halides is 4. The molecule has 4 aliphatic rings. The number of fused-ring (bicyclic) bond motifs is 4. The van der Waals surface area contributed by atoms with Crippen LogP contribution in [0.2, 0.25) is 0 Å². The first-order valence-electron chi connectivity index (χ1n) is 14.9. The smallest absolute Gasteiger partial charge is 0.418 e. The maximum atomic E-state index is 16.7. The molecular formula is C30H30F6N8O. The van der Waals surface area contributed by atoms with Gasteiger partial charge in [0.15, 0.2) is 5.82 Å². The fourth-order valence-corrected chi connectivity index (χ4v) is 7.75. The zero-order valence-corrected chi connectivity index (χ0v) is 24.3. The van der Waals surface area contributed by atoms with Crippen LogP contribution in [0.3, 0.4) is 0 Å².